The summed E-state index contributed by atoms with van der Waals surface area (Å²) in [6.45, 7) is 17.5. The van der Waals surface area contributed by atoms with E-state index in [2.05, 4.69) is 102 Å². The SMILES string of the molecule is C=C(N)CCC[C@H](CC(=O)C(CC(=C)C(C)CCCc1ccccc1)CC(C)C)C(C)CCc1ccccc1. The molecule has 2 nitrogen and oxygen atoms in total. The highest BCUT2D eigenvalue weighted by atomic mass is 16.1. The second-order valence-corrected chi connectivity index (χ2v) is 12.5. The Morgan fingerprint density at radius 1 is 0.769 bits per heavy atom. The summed E-state index contributed by atoms with van der Waals surface area (Å²) >= 11 is 0. The van der Waals surface area contributed by atoms with Crippen molar-refractivity contribution in [3.05, 3.63) is 96.2 Å². The first-order valence-corrected chi connectivity index (χ1v) is 15.4. The van der Waals surface area contributed by atoms with Gasteiger partial charge in [-0.05, 0) is 99.0 Å². The maximum atomic E-state index is 13.8. The van der Waals surface area contributed by atoms with Crippen molar-refractivity contribution < 1.29 is 4.79 Å². The van der Waals surface area contributed by atoms with Gasteiger partial charge >= 0.3 is 0 Å². The van der Waals surface area contributed by atoms with Gasteiger partial charge in [0.15, 0.2) is 0 Å². The van der Waals surface area contributed by atoms with Crippen LogP contribution in [0.1, 0.15) is 96.6 Å². The van der Waals surface area contributed by atoms with Gasteiger partial charge in [-0.25, -0.2) is 0 Å². The zero-order chi connectivity index (χ0) is 28.6. The summed E-state index contributed by atoms with van der Waals surface area (Å²) in [7, 11) is 0. The Kier molecular flexibility index (Phi) is 14.9. The first-order valence-electron chi connectivity index (χ1n) is 15.4. The van der Waals surface area contributed by atoms with Crippen LogP contribution in [0.2, 0.25) is 0 Å². The number of nitrogens with two attached hydrogens (primary N) is 1. The highest BCUT2D eigenvalue weighted by molar-refractivity contribution is 5.81. The van der Waals surface area contributed by atoms with Crippen LogP contribution in [-0.4, -0.2) is 5.78 Å². The Morgan fingerprint density at radius 3 is 1.92 bits per heavy atom. The van der Waals surface area contributed by atoms with E-state index in [1.165, 1.54) is 16.7 Å². The molecule has 2 N–H and O–H groups in total. The summed E-state index contributed by atoms with van der Waals surface area (Å²) in [6.07, 6.45) is 10.8. The number of hydrogen-bond donors (Lipinski definition) is 1. The molecule has 3 unspecified atom stereocenters. The van der Waals surface area contributed by atoms with Gasteiger partial charge in [0, 0.05) is 18.0 Å². The van der Waals surface area contributed by atoms with Crippen LogP contribution in [0.5, 0.6) is 0 Å². The van der Waals surface area contributed by atoms with Crippen LogP contribution >= 0.6 is 0 Å². The lowest BCUT2D eigenvalue weighted by atomic mass is 9.77. The summed E-state index contributed by atoms with van der Waals surface area (Å²) in [4.78, 5) is 13.8. The first kappa shape index (κ1) is 32.6. The van der Waals surface area contributed by atoms with Crippen molar-refractivity contribution >= 4 is 5.78 Å². The molecule has 2 heteroatoms. The Hall–Kier alpha value is -2.61. The molecule has 0 aliphatic rings. The minimum Gasteiger partial charge on any atom is -0.403 e. The standard InChI is InChI=1S/C37H55NO/c1-28(2)25-36(26-31(5)29(3)15-13-21-33-17-9-7-10-18-33)37(39)27-35(22-14-16-32(6)38)30(4)23-24-34-19-11-8-12-20-34/h7-12,17-20,28-30,35-36H,5-6,13-16,21-27,38H2,1-4H3/t29?,30?,35-,36?/m1/s1. The molecule has 39 heavy (non-hydrogen) atoms. The normalized spacial score (nSPS) is 14.5. The van der Waals surface area contributed by atoms with E-state index in [1.807, 2.05) is 0 Å². The van der Waals surface area contributed by atoms with Crippen molar-refractivity contribution in [1.82, 2.24) is 0 Å². The predicted octanol–water partition coefficient (Wildman–Crippen LogP) is 9.74. The molecule has 4 atom stereocenters. The Labute approximate surface area is 240 Å². The van der Waals surface area contributed by atoms with Gasteiger partial charge < -0.3 is 5.73 Å². The number of hydrogen-bond acceptors (Lipinski definition) is 2. The van der Waals surface area contributed by atoms with Crippen molar-refractivity contribution in [2.45, 2.75) is 98.3 Å². The highest BCUT2D eigenvalue weighted by Gasteiger charge is 2.27. The maximum Gasteiger partial charge on any atom is 0.136 e. The summed E-state index contributed by atoms with van der Waals surface area (Å²) in [5, 5.41) is 0. The fourth-order valence-electron chi connectivity index (χ4n) is 5.76. The average Bonchev–Trinajstić information content (AvgIpc) is 2.91. The van der Waals surface area contributed by atoms with E-state index in [1.54, 1.807) is 0 Å². The topological polar surface area (TPSA) is 43.1 Å². The monoisotopic (exact) mass is 529 g/mol. The quantitative estimate of drug-likeness (QED) is 0.173. The second kappa shape index (κ2) is 17.9. The molecule has 0 saturated heterocycles. The molecular weight excluding hydrogens is 474 g/mol. The molecule has 0 bridgehead atoms. The summed E-state index contributed by atoms with van der Waals surface area (Å²) in [5.74, 6) is 2.31. The number of allylic oxidation sites excluding steroid dienone is 2. The lowest BCUT2D eigenvalue weighted by Gasteiger charge is -2.28. The lowest BCUT2D eigenvalue weighted by molar-refractivity contribution is -0.124. The average molecular weight is 530 g/mol. The molecule has 0 aliphatic carbocycles. The van der Waals surface area contributed by atoms with E-state index in [-0.39, 0.29) is 5.92 Å². The number of aryl methyl sites for hydroxylation is 2. The number of carbonyl (C=O) groups is 1. The molecule has 214 valence electrons. The van der Waals surface area contributed by atoms with Crippen LogP contribution in [-0.2, 0) is 17.6 Å². The van der Waals surface area contributed by atoms with E-state index in [0.717, 1.165) is 69.9 Å². The molecule has 0 aliphatic heterocycles. The molecule has 0 radical (unpaired) electrons. The van der Waals surface area contributed by atoms with Crippen LogP contribution in [0, 0.1) is 29.6 Å². The Balaban J connectivity index is 1.98. The summed E-state index contributed by atoms with van der Waals surface area (Å²) in [5.41, 5.74) is 10.6. The fraction of sp³-hybridized carbons (Fsp3) is 0.541. The van der Waals surface area contributed by atoms with Crippen LogP contribution in [0.25, 0.3) is 0 Å². The molecular formula is C37H55NO. The Morgan fingerprint density at radius 2 is 1.36 bits per heavy atom. The van der Waals surface area contributed by atoms with E-state index in [4.69, 9.17) is 5.73 Å². The molecule has 2 rings (SSSR count). The molecule has 0 amide bonds. The highest BCUT2D eigenvalue weighted by Crippen LogP contribution is 2.32. The van der Waals surface area contributed by atoms with Gasteiger partial charge in [-0.15, -0.1) is 0 Å². The lowest BCUT2D eigenvalue weighted by Crippen LogP contribution is -2.24. The smallest absolute Gasteiger partial charge is 0.136 e. The molecule has 0 spiro atoms. The minimum atomic E-state index is 0.0716. The Bertz CT molecular complexity index is 977. The van der Waals surface area contributed by atoms with Crippen molar-refractivity contribution in [1.29, 1.82) is 0 Å². The van der Waals surface area contributed by atoms with Gasteiger partial charge in [-0.1, -0.05) is 107 Å². The third-order valence-corrected chi connectivity index (χ3v) is 8.43. The van der Waals surface area contributed by atoms with E-state index < -0.39 is 0 Å². The molecule has 0 heterocycles. The largest absolute Gasteiger partial charge is 0.403 e. The molecule has 2 aromatic carbocycles. The number of rotatable bonds is 20. The predicted molar refractivity (Wildman–Crippen MR) is 169 cm³/mol. The van der Waals surface area contributed by atoms with E-state index in [0.29, 0.717) is 35.9 Å². The zero-order valence-electron chi connectivity index (χ0n) is 25.3. The van der Waals surface area contributed by atoms with Crippen molar-refractivity contribution in [2.24, 2.45) is 35.3 Å². The van der Waals surface area contributed by atoms with Crippen molar-refractivity contribution in [3.8, 4) is 0 Å². The molecule has 0 fully saturated rings. The third kappa shape index (κ3) is 13.3. The number of Topliss-reactive ketones (excluding diaryl/α,β-unsaturated/α-hetero) is 1. The summed E-state index contributed by atoms with van der Waals surface area (Å²) < 4.78 is 0. The van der Waals surface area contributed by atoms with E-state index in [9.17, 15) is 4.79 Å². The van der Waals surface area contributed by atoms with Crippen LogP contribution in [0.3, 0.4) is 0 Å². The van der Waals surface area contributed by atoms with Gasteiger partial charge in [0.2, 0.25) is 0 Å². The van der Waals surface area contributed by atoms with Crippen LogP contribution < -0.4 is 5.73 Å². The van der Waals surface area contributed by atoms with Crippen molar-refractivity contribution in [2.75, 3.05) is 0 Å². The van der Waals surface area contributed by atoms with Crippen LogP contribution in [0.4, 0.5) is 0 Å². The van der Waals surface area contributed by atoms with Gasteiger partial charge in [-0.2, -0.15) is 0 Å². The van der Waals surface area contributed by atoms with Gasteiger partial charge in [-0.3, -0.25) is 4.79 Å². The van der Waals surface area contributed by atoms with Gasteiger partial charge in [0.05, 0.1) is 0 Å². The summed E-state index contributed by atoms with van der Waals surface area (Å²) in [6, 6.07) is 21.4. The van der Waals surface area contributed by atoms with Crippen LogP contribution in [0.15, 0.2) is 85.1 Å². The van der Waals surface area contributed by atoms with Gasteiger partial charge in [0.1, 0.15) is 5.78 Å². The first-order chi connectivity index (χ1) is 18.7. The fourth-order valence-corrected chi connectivity index (χ4v) is 5.76. The molecule has 0 saturated carbocycles. The number of ketones is 1. The second-order valence-electron chi connectivity index (χ2n) is 12.5. The van der Waals surface area contributed by atoms with Gasteiger partial charge in [0.25, 0.3) is 0 Å². The third-order valence-electron chi connectivity index (χ3n) is 8.43. The molecule has 2 aromatic rings. The number of benzene rings is 2. The van der Waals surface area contributed by atoms with E-state index >= 15 is 0 Å². The zero-order valence-corrected chi connectivity index (χ0v) is 25.3. The maximum absolute atomic E-state index is 13.8. The minimum absolute atomic E-state index is 0.0716. The number of carbonyl (C=O) groups excluding carboxylic acids is 1. The van der Waals surface area contributed by atoms with Crippen molar-refractivity contribution in [3.63, 3.8) is 0 Å². The molecule has 0 aromatic heterocycles.